The van der Waals surface area contributed by atoms with E-state index in [1.807, 2.05) is 0 Å². The zero-order valence-electron chi connectivity index (χ0n) is 16.9. The standard InChI is InChI=1S/C21H21ClN2O5S/c1-26-14-9-12(10-15(27-2)19(14)28-3)18-16(20(25)29-4)17(23-21(30)24-18)11-5-7-13(22)8-6-11/h5-10,18H,1-4H3,(H2,23,24,30). The van der Waals surface area contributed by atoms with E-state index in [1.54, 1.807) is 36.4 Å². The van der Waals surface area contributed by atoms with Crippen LogP contribution in [0.4, 0.5) is 0 Å². The highest BCUT2D eigenvalue weighted by Gasteiger charge is 2.34. The van der Waals surface area contributed by atoms with Crippen LogP contribution in [0.25, 0.3) is 5.70 Å². The van der Waals surface area contributed by atoms with Crippen LogP contribution in [0.5, 0.6) is 17.2 Å². The normalized spacial score (nSPS) is 15.8. The van der Waals surface area contributed by atoms with E-state index in [2.05, 4.69) is 10.6 Å². The Morgan fingerprint density at radius 3 is 2.10 bits per heavy atom. The van der Waals surface area contributed by atoms with Crippen molar-refractivity contribution >= 4 is 40.6 Å². The summed E-state index contributed by atoms with van der Waals surface area (Å²) < 4.78 is 21.4. The van der Waals surface area contributed by atoms with E-state index in [0.717, 1.165) is 5.56 Å². The number of esters is 1. The number of benzene rings is 2. The molecule has 0 aliphatic carbocycles. The van der Waals surface area contributed by atoms with Crippen molar-refractivity contribution < 1.29 is 23.7 Å². The summed E-state index contributed by atoms with van der Waals surface area (Å²) in [6.45, 7) is 0. The molecule has 1 aliphatic rings. The molecule has 0 radical (unpaired) electrons. The molecule has 3 rings (SSSR count). The van der Waals surface area contributed by atoms with Crippen LogP contribution in [0.2, 0.25) is 5.02 Å². The fourth-order valence-corrected chi connectivity index (χ4v) is 3.60. The van der Waals surface area contributed by atoms with Crippen molar-refractivity contribution in [2.24, 2.45) is 0 Å². The van der Waals surface area contributed by atoms with Crippen molar-refractivity contribution in [2.45, 2.75) is 6.04 Å². The van der Waals surface area contributed by atoms with Crippen molar-refractivity contribution in [2.75, 3.05) is 28.4 Å². The third-order valence-electron chi connectivity index (χ3n) is 4.63. The molecule has 30 heavy (non-hydrogen) atoms. The third kappa shape index (κ3) is 4.15. The highest BCUT2D eigenvalue weighted by Crippen LogP contribution is 2.42. The van der Waals surface area contributed by atoms with Gasteiger partial charge in [-0.1, -0.05) is 23.7 Å². The van der Waals surface area contributed by atoms with Crippen LogP contribution in [0.15, 0.2) is 42.0 Å². The van der Waals surface area contributed by atoms with Gasteiger partial charge in [-0.15, -0.1) is 0 Å². The predicted octanol–water partition coefficient (Wildman–Crippen LogP) is 3.47. The smallest absolute Gasteiger partial charge is 0.338 e. The molecule has 158 valence electrons. The Labute approximate surface area is 184 Å². The number of nitrogens with one attached hydrogen (secondary N) is 2. The van der Waals surface area contributed by atoms with Gasteiger partial charge < -0.3 is 29.6 Å². The Morgan fingerprint density at radius 1 is 1.00 bits per heavy atom. The van der Waals surface area contributed by atoms with E-state index < -0.39 is 12.0 Å². The van der Waals surface area contributed by atoms with Crippen molar-refractivity contribution in [3.8, 4) is 17.2 Å². The Balaban J connectivity index is 2.24. The Kier molecular flexibility index (Phi) is 6.69. The molecule has 1 unspecified atom stereocenters. The molecule has 0 saturated carbocycles. The summed E-state index contributed by atoms with van der Waals surface area (Å²) in [5.74, 6) is 0.841. The topological polar surface area (TPSA) is 78.1 Å². The summed E-state index contributed by atoms with van der Waals surface area (Å²) in [4.78, 5) is 12.8. The zero-order valence-corrected chi connectivity index (χ0v) is 18.4. The first-order valence-electron chi connectivity index (χ1n) is 8.89. The molecule has 7 nitrogen and oxygen atoms in total. The largest absolute Gasteiger partial charge is 0.493 e. The Bertz CT molecular complexity index is 982. The van der Waals surface area contributed by atoms with Gasteiger partial charge in [0.1, 0.15) is 0 Å². The fraction of sp³-hybridized carbons (Fsp3) is 0.238. The van der Waals surface area contributed by atoms with Crippen LogP contribution >= 0.6 is 23.8 Å². The first-order chi connectivity index (χ1) is 14.4. The Hall–Kier alpha value is -2.97. The molecule has 0 aromatic heterocycles. The molecular weight excluding hydrogens is 428 g/mol. The number of carbonyl (C=O) groups is 1. The molecule has 1 heterocycles. The molecule has 0 spiro atoms. The van der Waals surface area contributed by atoms with Crippen LogP contribution in [0.1, 0.15) is 17.2 Å². The second kappa shape index (κ2) is 9.23. The molecule has 2 N–H and O–H groups in total. The van der Waals surface area contributed by atoms with E-state index >= 15 is 0 Å². The maximum absolute atomic E-state index is 12.8. The number of hydrogen-bond acceptors (Lipinski definition) is 6. The minimum Gasteiger partial charge on any atom is -0.493 e. The van der Waals surface area contributed by atoms with Crippen molar-refractivity contribution in [1.82, 2.24) is 10.6 Å². The van der Waals surface area contributed by atoms with Crippen molar-refractivity contribution in [3.63, 3.8) is 0 Å². The Morgan fingerprint density at radius 2 is 1.60 bits per heavy atom. The van der Waals surface area contributed by atoms with Gasteiger partial charge in [-0.2, -0.15) is 0 Å². The molecule has 9 heteroatoms. The van der Waals surface area contributed by atoms with Gasteiger partial charge in [-0.3, -0.25) is 0 Å². The number of halogens is 1. The summed E-state index contributed by atoms with van der Waals surface area (Å²) in [6.07, 6.45) is 0. The predicted molar refractivity (Wildman–Crippen MR) is 118 cm³/mol. The van der Waals surface area contributed by atoms with E-state index in [-0.39, 0.29) is 0 Å². The first kappa shape index (κ1) is 21.7. The molecule has 0 amide bonds. The minimum absolute atomic E-state index is 0.350. The van der Waals surface area contributed by atoms with E-state index in [1.165, 1.54) is 28.4 Å². The molecule has 2 aromatic rings. The second-order valence-corrected chi connectivity index (χ2v) is 7.12. The lowest BCUT2D eigenvalue weighted by Crippen LogP contribution is -2.45. The lowest BCUT2D eigenvalue weighted by molar-refractivity contribution is -0.136. The van der Waals surface area contributed by atoms with Crippen LogP contribution in [-0.4, -0.2) is 39.5 Å². The van der Waals surface area contributed by atoms with Crippen molar-refractivity contribution in [3.05, 3.63) is 58.1 Å². The molecule has 0 saturated heterocycles. The van der Waals surface area contributed by atoms with Crippen LogP contribution < -0.4 is 24.8 Å². The SMILES string of the molecule is COC(=O)C1=C(c2ccc(Cl)cc2)NC(=S)NC1c1cc(OC)c(OC)c(OC)c1. The van der Waals surface area contributed by atoms with Crippen LogP contribution in [0.3, 0.4) is 0 Å². The summed E-state index contributed by atoms with van der Waals surface area (Å²) in [5, 5.41) is 7.13. The number of ether oxygens (including phenoxy) is 4. The number of hydrogen-bond donors (Lipinski definition) is 2. The lowest BCUT2D eigenvalue weighted by atomic mass is 9.92. The van der Waals surface area contributed by atoms with Gasteiger partial charge >= 0.3 is 5.97 Å². The molecule has 1 aliphatic heterocycles. The highest BCUT2D eigenvalue weighted by atomic mass is 35.5. The lowest BCUT2D eigenvalue weighted by Gasteiger charge is -2.31. The molecule has 0 bridgehead atoms. The van der Waals surface area contributed by atoms with Crippen molar-refractivity contribution in [1.29, 1.82) is 0 Å². The monoisotopic (exact) mass is 448 g/mol. The number of rotatable bonds is 6. The summed E-state index contributed by atoms with van der Waals surface area (Å²) in [5.41, 5.74) is 2.30. The van der Waals surface area contributed by atoms with Gasteiger partial charge in [0.2, 0.25) is 5.75 Å². The van der Waals surface area contributed by atoms with E-state index in [9.17, 15) is 4.79 Å². The van der Waals surface area contributed by atoms with Gasteiger partial charge in [0.25, 0.3) is 0 Å². The van der Waals surface area contributed by atoms with Crippen LogP contribution in [0, 0.1) is 0 Å². The zero-order chi connectivity index (χ0) is 21.8. The minimum atomic E-state index is -0.620. The van der Waals surface area contributed by atoms with Crippen LogP contribution in [-0.2, 0) is 9.53 Å². The summed E-state index contributed by atoms with van der Waals surface area (Å²) in [6, 6.07) is 9.97. The molecule has 0 fully saturated rings. The average molecular weight is 449 g/mol. The maximum atomic E-state index is 12.8. The second-order valence-electron chi connectivity index (χ2n) is 6.28. The third-order valence-corrected chi connectivity index (χ3v) is 5.10. The van der Waals surface area contributed by atoms with Gasteiger partial charge in [0.05, 0.1) is 45.8 Å². The quantitative estimate of drug-likeness (QED) is 0.514. The van der Waals surface area contributed by atoms with Gasteiger partial charge in [0, 0.05) is 5.02 Å². The summed E-state index contributed by atoms with van der Waals surface area (Å²) >= 11 is 11.4. The molecule has 1 atom stereocenters. The fourth-order valence-electron chi connectivity index (χ4n) is 3.26. The van der Waals surface area contributed by atoms with Gasteiger partial charge in [0.15, 0.2) is 16.6 Å². The highest BCUT2D eigenvalue weighted by molar-refractivity contribution is 7.80. The number of methoxy groups -OCH3 is 4. The molecular formula is C21H21ClN2O5S. The van der Waals surface area contributed by atoms with Gasteiger partial charge in [-0.05, 0) is 47.6 Å². The first-order valence-corrected chi connectivity index (χ1v) is 9.68. The molecule has 2 aromatic carbocycles. The summed E-state index contributed by atoms with van der Waals surface area (Å²) in [7, 11) is 5.90. The number of carbonyl (C=O) groups excluding carboxylic acids is 1. The average Bonchev–Trinajstić information content (AvgIpc) is 2.77. The number of thiocarbonyl (C=S) groups is 1. The maximum Gasteiger partial charge on any atom is 0.338 e. The van der Waals surface area contributed by atoms with Gasteiger partial charge in [-0.25, -0.2) is 4.79 Å². The van der Waals surface area contributed by atoms with E-state index in [0.29, 0.717) is 44.2 Å². The van der Waals surface area contributed by atoms with E-state index in [4.69, 9.17) is 42.8 Å².